The first kappa shape index (κ1) is 10.3. The summed E-state index contributed by atoms with van der Waals surface area (Å²) in [7, 11) is 0. The summed E-state index contributed by atoms with van der Waals surface area (Å²) < 4.78 is 6.08. The first-order valence-corrected chi connectivity index (χ1v) is 4.82. The van der Waals surface area contributed by atoms with Crippen LogP contribution in [0.25, 0.3) is 0 Å². The van der Waals surface area contributed by atoms with E-state index in [1.54, 1.807) is 12.1 Å². The minimum absolute atomic E-state index is 0.175. The van der Waals surface area contributed by atoms with Crippen LogP contribution in [-0.4, -0.2) is 11.7 Å². The molecule has 0 heterocycles. The van der Waals surface area contributed by atoms with E-state index in [9.17, 15) is 5.11 Å². The van der Waals surface area contributed by atoms with Gasteiger partial charge in [-0.25, -0.2) is 0 Å². The molecule has 13 heavy (non-hydrogen) atoms. The molecule has 1 aromatic carbocycles. The minimum atomic E-state index is 0.175. The van der Waals surface area contributed by atoms with E-state index in [0.29, 0.717) is 24.5 Å². The highest BCUT2D eigenvalue weighted by molar-refractivity contribution is 9.10. The van der Waals surface area contributed by atoms with Crippen molar-refractivity contribution in [2.75, 3.05) is 6.61 Å². The molecule has 0 atom stereocenters. The second kappa shape index (κ2) is 4.48. The Morgan fingerprint density at radius 1 is 1.54 bits per heavy atom. The SMILES string of the molecule is CCOc1cc(O)c(CN)cc1Br. The molecular weight excluding hydrogens is 234 g/mol. The third kappa shape index (κ3) is 2.35. The van der Waals surface area contributed by atoms with Crippen molar-refractivity contribution in [3.05, 3.63) is 22.2 Å². The molecule has 0 saturated carbocycles. The zero-order valence-corrected chi connectivity index (χ0v) is 8.97. The summed E-state index contributed by atoms with van der Waals surface area (Å²) in [6.07, 6.45) is 0. The number of nitrogens with two attached hydrogens (primary N) is 1. The molecule has 0 aromatic heterocycles. The van der Waals surface area contributed by atoms with Gasteiger partial charge in [-0.2, -0.15) is 0 Å². The molecule has 1 rings (SSSR count). The Morgan fingerprint density at radius 3 is 2.77 bits per heavy atom. The molecule has 0 saturated heterocycles. The second-order valence-electron chi connectivity index (χ2n) is 2.55. The van der Waals surface area contributed by atoms with Gasteiger partial charge in [0.25, 0.3) is 0 Å². The first-order valence-electron chi connectivity index (χ1n) is 4.03. The van der Waals surface area contributed by atoms with Crippen LogP contribution in [0.1, 0.15) is 12.5 Å². The van der Waals surface area contributed by atoms with E-state index in [4.69, 9.17) is 10.5 Å². The Balaban J connectivity index is 3.05. The zero-order chi connectivity index (χ0) is 9.84. The lowest BCUT2D eigenvalue weighted by molar-refractivity contribution is 0.335. The Kier molecular flexibility index (Phi) is 3.57. The van der Waals surface area contributed by atoms with Crippen LogP contribution in [0, 0.1) is 0 Å². The van der Waals surface area contributed by atoms with Crippen molar-refractivity contribution in [2.45, 2.75) is 13.5 Å². The average molecular weight is 246 g/mol. The molecule has 0 aliphatic carbocycles. The molecule has 0 aliphatic rings. The van der Waals surface area contributed by atoms with Crippen molar-refractivity contribution in [2.24, 2.45) is 5.73 Å². The number of phenols is 1. The van der Waals surface area contributed by atoms with Crippen molar-refractivity contribution in [3.63, 3.8) is 0 Å². The molecule has 0 amide bonds. The fourth-order valence-electron chi connectivity index (χ4n) is 1.01. The van der Waals surface area contributed by atoms with Crippen molar-refractivity contribution >= 4 is 15.9 Å². The van der Waals surface area contributed by atoms with Gasteiger partial charge in [-0.05, 0) is 28.9 Å². The molecule has 0 fully saturated rings. The van der Waals surface area contributed by atoms with Crippen molar-refractivity contribution in [1.29, 1.82) is 0 Å². The first-order chi connectivity index (χ1) is 6.19. The highest BCUT2D eigenvalue weighted by Crippen LogP contribution is 2.32. The summed E-state index contributed by atoms with van der Waals surface area (Å²) >= 11 is 3.33. The van der Waals surface area contributed by atoms with Crippen LogP contribution in [-0.2, 0) is 6.54 Å². The molecule has 72 valence electrons. The van der Waals surface area contributed by atoms with Gasteiger partial charge in [0.15, 0.2) is 0 Å². The largest absolute Gasteiger partial charge is 0.507 e. The molecule has 0 spiro atoms. The second-order valence-corrected chi connectivity index (χ2v) is 3.40. The number of phenolic OH excluding ortho intramolecular Hbond substituents is 1. The lowest BCUT2D eigenvalue weighted by Crippen LogP contribution is -1.98. The Bertz CT molecular complexity index is 302. The number of halogens is 1. The van der Waals surface area contributed by atoms with E-state index in [1.165, 1.54) is 0 Å². The maximum Gasteiger partial charge on any atom is 0.137 e. The normalized spacial score (nSPS) is 10.1. The number of rotatable bonds is 3. The number of ether oxygens (including phenoxy) is 1. The minimum Gasteiger partial charge on any atom is -0.507 e. The van der Waals surface area contributed by atoms with E-state index in [-0.39, 0.29) is 5.75 Å². The van der Waals surface area contributed by atoms with Gasteiger partial charge in [0.1, 0.15) is 11.5 Å². The van der Waals surface area contributed by atoms with Gasteiger partial charge in [0, 0.05) is 18.2 Å². The maximum atomic E-state index is 9.46. The van der Waals surface area contributed by atoms with Crippen LogP contribution >= 0.6 is 15.9 Å². The van der Waals surface area contributed by atoms with Gasteiger partial charge in [-0.15, -0.1) is 0 Å². The molecule has 0 radical (unpaired) electrons. The summed E-state index contributed by atoms with van der Waals surface area (Å²) in [6, 6.07) is 3.33. The molecular formula is C9H12BrNO2. The van der Waals surface area contributed by atoms with Gasteiger partial charge < -0.3 is 15.6 Å². The average Bonchev–Trinajstić information content (AvgIpc) is 2.11. The molecule has 0 bridgehead atoms. The Labute approximate surface area is 85.6 Å². The smallest absolute Gasteiger partial charge is 0.137 e. The molecule has 3 nitrogen and oxygen atoms in total. The fourth-order valence-corrected chi connectivity index (χ4v) is 1.52. The lowest BCUT2D eigenvalue weighted by Gasteiger charge is -2.08. The van der Waals surface area contributed by atoms with Crippen LogP contribution in [0.5, 0.6) is 11.5 Å². The third-order valence-corrected chi connectivity index (χ3v) is 2.27. The molecule has 0 unspecified atom stereocenters. The summed E-state index contributed by atoms with van der Waals surface area (Å²) in [5, 5.41) is 9.46. The Hall–Kier alpha value is -0.740. The van der Waals surface area contributed by atoms with Gasteiger partial charge in [0.05, 0.1) is 11.1 Å². The zero-order valence-electron chi connectivity index (χ0n) is 7.38. The molecule has 1 aromatic rings. The van der Waals surface area contributed by atoms with Crippen LogP contribution in [0.3, 0.4) is 0 Å². The van der Waals surface area contributed by atoms with Crippen molar-refractivity contribution in [3.8, 4) is 11.5 Å². The van der Waals surface area contributed by atoms with Crippen LogP contribution in [0.15, 0.2) is 16.6 Å². The number of hydrogen-bond acceptors (Lipinski definition) is 3. The van der Waals surface area contributed by atoms with E-state index >= 15 is 0 Å². The Morgan fingerprint density at radius 2 is 2.23 bits per heavy atom. The lowest BCUT2D eigenvalue weighted by atomic mass is 10.2. The van der Waals surface area contributed by atoms with Crippen LogP contribution < -0.4 is 10.5 Å². The topological polar surface area (TPSA) is 55.5 Å². The number of aromatic hydroxyl groups is 1. The molecule has 4 heteroatoms. The highest BCUT2D eigenvalue weighted by atomic mass is 79.9. The van der Waals surface area contributed by atoms with Crippen LogP contribution in [0.4, 0.5) is 0 Å². The van der Waals surface area contributed by atoms with E-state index in [2.05, 4.69) is 15.9 Å². The summed E-state index contributed by atoms with van der Waals surface area (Å²) in [4.78, 5) is 0. The van der Waals surface area contributed by atoms with Gasteiger partial charge in [-0.3, -0.25) is 0 Å². The molecule has 0 aliphatic heterocycles. The van der Waals surface area contributed by atoms with E-state index in [1.807, 2.05) is 6.92 Å². The summed E-state index contributed by atoms with van der Waals surface area (Å²) in [6.45, 7) is 2.77. The quantitative estimate of drug-likeness (QED) is 0.857. The van der Waals surface area contributed by atoms with E-state index < -0.39 is 0 Å². The maximum absolute atomic E-state index is 9.46. The summed E-state index contributed by atoms with van der Waals surface area (Å²) in [5.41, 5.74) is 6.13. The van der Waals surface area contributed by atoms with Gasteiger partial charge >= 0.3 is 0 Å². The van der Waals surface area contributed by atoms with Gasteiger partial charge in [-0.1, -0.05) is 0 Å². The number of hydrogen-bond donors (Lipinski definition) is 2. The van der Waals surface area contributed by atoms with Crippen molar-refractivity contribution < 1.29 is 9.84 Å². The van der Waals surface area contributed by atoms with Gasteiger partial charge in [0.2, 0.25) is 0 Å². The predicted molar refractivity (Wildman–Crippen MR) is 54.9 cm³/mol. The highest BCUT2D eigenvalue weighted by Gasteiger charge is 2.06. The summed E-state index contributed by atoms with van der Waals surface area (Å²) in [5.74, 6) is 0.811. The van der Waals surface area contributed by atoms with Crippen LogP contribution in [0.2, 0.25) is 0 Å². The van der Waals surface area contributed by atoms with E-state index in [0.717, 1.165) is 4.47 Å². The predicted octanol–water partition coefficient (Wildman–Crippen LogP) is 2.01. The standard InChI is InChI=1S/C9H12BrNO2/c1-2-13-9-4-8(12)6(5-11)3-7(9)10/h3-4,12H,2,5,11H2,1H3. The molecule has 3 N–H and O–H groups in total. The monoisotopic (exact) mass is 245 g/mol. The fraction of sp³-hybridized carbons (Fsp3) is 0.333. The van der Waals surface area contributed by atoms with Crippen molar-refractivity contribution in [1.82, 2.24) is 0 Å². The third-order valence-electron chi connectivity index (χ3n) is 1.65. The number of benzene rings is 1.